The van der Waals surface area contributed by atoms with Gasteiger partial charge in [0.15, 0.2) is 0 Å². The van der Waals surface area contributed by atoms with Crippen LogP contribution < -0.4 is 0 Å². The van der Waals surface area contributed by atoms with Crippen molar-refractivity contribution in [1.29, 1.82) is 0 Å². The van der Waals surface area contributed by atoms with Gasteiger partial charge >= 0.3 is 142 Å². The molecule has 22 heavy (non-hydrogen) atoms. The van der Waals surface area contributed by atoms with Gasteiger partial charge in [-0.15, -0.1) is 0 Å². The molecule has 2 nitrogen and oxygen atoms in total. The van der Waals surface area contributed by atoms with Crippen molar-refractivity contribution in [2.75, 3.05) is 7.11 Å². The molecule has 0 heterocycles. The van der Waals surface area contributed by atoms with Crippen molar-refractivity contribution in [3.8, 4) is 0 Å². The van der Waals surface area contributed by atoms with E-state index in [2.05, 4.69) is 33.4 Å². The molecule has 128 valence electrons. The first-order chi connectivity index (χ1) is 10.6. The summed E-state index contributed by atoms with van der Waals surface area (Å²) in [5, 5.41) is 0. The molecule has 0 spiro atoms. The first kappa shape index (κ1) is 20.1. The first-order valence-electron chi connectivity index (χ1n) is 9.32. The summed E-state index contributed by atoms with van der Waals surface area (Å²) in [6, 6.07) is 0. The van der Waals surface area contributed by atoms with Gasteiger partial charge in [-0.1, -0.05) is 0 Å². The first-order valence-corrected chi connectivity index (χ1v) is 17.0. The third kappa shape index (κ3) is 4.75. The van der Waals surface area contributed by atoms with Gasteiger partial charge in [0.2, 0.25) is 0 Å². The molecule has 1 aliphatic rings. The molecule has 0 amide bonds. The number of ether oxygens (including phenoxy) is 1. The molecule has 0 bridgehead atoms. The predicted octanol–water partition coefficient (Wildman–Crippen LogP) is 5.81. The van der Waals surface area contributed by atoms with Crippen LogP contribution in [0.2, 0.25) is 17.2 Å². The Bertz CT molecular complexity index is 332. The Morgan fingerprint density at radius 2 is 1.50 bits per heavy atom. The van der Waals surface area contributed by atoms with Crippen molar-refractivity contribution in [2.45, 2.75) is 76.5 Å². The molecular formula is C19H36O2Sn. The number of esters is 1. The Hall–Kier alpha value is 0.00870. The standard InChI is InChI=1S/C7H9O2.3C4H9.Sn/c1-3-5-4-6(5)7(8)9-2;3*1-3-4-2;/h3-6H,1H2,2H3;3*1,3-4H2,2H3;/t5-,6-;;;;/m1..../s1. The van der Waals surface area contributed by atoms with E-state index in [4.69, 9.17) is 4.74 Å². The summed E-state index contributed by atoms with van der Waals surface area (Å²) < 4.78 is 10.2. The molecule has 1 aliphatic carbocycles. The molecule has 1 rings (SSSR count). The quantitative estimate of drug-likeness (QED) is 0.229. The van der Waals surface area contributed by atoms with E-state index >= 15 is 0 Å². The van der Waals surface area contributed by atoms with Crippen LogP contribution in [0, 0.1) is 11.8 Å². The van der Waals surface area contributed by atoms with Crippen molar-refractivity contribution >= 4 is 24.3 Å². The second-order valence-electron chi connectivity index (χ2n) is 7.06. The molecule has 3 atom stereocenters. The molecule has 1 fully saturated rings. The minimum absolute atomic E-state index is 0.0282. The van der Waals surface area contributed by atoms with Gasteiger partial charge in [-0.2, -0.15) is 0 Å². The molecule has 0 aromatic heterocycles. The van der Waals surface area contributed by atoms with Gasteiger partial charge in [-0.05, 0) is 0 Å². The second-order valence-corrected chi connectivity index (χ2v) is 21.0. The minimum atomic E-state index is -2.31. The number of methoxy groups -OCH3 is 1. The van der Waals surface area contributed by atoms with Crippen LogP contribution in [-0.4, -0.2) is 31.5 Å². The maximum atomic E-state index is 12.2. The Kier molecular flexibility index (Phi) is 9.11. The molecule has 0 N–H and O–H groups in total. The van der Waals surface area contributed by atoms with Gasteiger partial charge in [0.05, 0.1) is 0 Å². The summed E-state index contributed by atoms with van der Waals surface area (Å²) in [5.41, 5.74) is 0. The van der Waals surface area contributed by atoms with Crippen molar-refractivity contribution < 1.29 is 9.53 Å². The maximum absolute atomic E-state index is 12.2. The summed E-state index contributed by atoms with van der Waals surface area (Å²) in [5.74, 6) is 0.609. The number of hydrogen-bond acceptors (Lipinski definition) is 2. The van der Waals surface area contributed by atoms with Crippen molar-refractivity contribution in [2.24, 2.45) is 11.8 Å². The average molecular weight is 415 g/mol. The molecule has 0 saturated heterocycles. The third-order valence-corrected chi connectivity index (χ3v) is 23.3. The van der Waals surface area contributed by atoms with Crippen molar-refractivity contribution in [3.05, 3.63) is 12.7 Å². The van der Waals surface area contributed by atoms with Crippen LogP contribution in [0.15, 0.2) is 12.7 Å². The van der Waals surface area contributed by atoms with Crippen LogP contribution in [0.25, 0.3) is 0 Å². The number of carbonyl (C=O) groups excluding carboxylic acids is 1. The fourth-order valence-corrected chi connectivity index (χ4v) is 24.6. The number of unbranched alkanes of at least 4 members (excludes halogenated alkanes) is 3. The second kappa shape index (κ2) is 9.99. The molecule has 0 radical (unpaired) electrons. The van der Waals surface area contributed by atoms with Crippen LogP contribution in [0.5, 0.6) is 0 Å². The normalized spacial score (nSPS) is 24.1. The fourth-order valence-electron chi connectivity index (χ4n) is 4.32. The summed E-state index contributed by atoms with van der Waals surface area (Å²) in [4.78, 5) is 12.2. The average Bonchev–Trinajstić information content (AvgIpc) is 3.29. The molecular weight excluding hydrogens is 379 g/mol. The molecule has 3 heteroatoms. The SMILES string of the molecule is C=C[C@H]1[C@H](C(=O)OC)[C@@H]1[Sn]([CH2]CCC)([CH2]CCC)[CH2]CCC. The Morgan fingerprint density at radius 1 is 1.05 bits per heavy atom. The number of hydrogen-bond donors (Lipinski definition) is 0. The van der Waals surface area contributed by atoms with Crippen LogP contribution in [0.1, 0.15) is 59.3 Å². The van der Waals surface area contributed by atoms with Gasteiger partial charge in [-0.25, -0.2) is 0 Å². The van der Waals surface area contributed by atoms with E-state index in [0.29, 0.717) is 9.85 Å². The van der Waals surface area contributed by atoms with Gasteiger partial charge in [0.25, 0.3) is 0 Å². The Morgan fingerprint density at radius 3 is 1.82 bits per heavy atom. The molecule has 0 aliphatic heterocycles. The summed E-state index contributed by atoms with van der Waals surface area (Å²) >= 11 is -2.31. The predicted molar refractivity (Wildman–Crippen MR) is 97.8 cm³/mol. The van der Waals surface area contributed by atoms with Crippen LogP contribution in [-0.2, 0) is 9.53 Å². The van der Waals surface area contributed by atoms with Gasteiger partial charge in [0.1, 0.15) is 0 Å². The zero-order chi connectivity index (χ0) is 16.6. The van der Waals surface area contributed by atoms with Crippen LogP contribution >= 0.6 is 0 Å². The fraction of sp³-hybridized carbons (Fsp3) is 0.842. The molecule has 0 aromatic rings. The van der Waals surface area contributed by atoms with Crippen molar-refractivity contribution in [3.63, 3.8) is 0 Å². The van der Waals surface area contributed by atoms with Crippen LogP contribution in [0.3, 0.4) is 0 Å². The zero-order valence-corrected chi connectivity index (χ0v) is 18.1. The van der Waals surface area contributed by atoms with E-state index in [0.717, 1.165) is 0 Å². The summed E-state index contributed by atoms with van der Waals surface area (Å²) in [7, 11) is 1.54. The van der Waals surface area contributed by atoms with Gasteiger partial charge in [0, 0.05) is 0 Å². The van der Waals surface area contributed by atoms with E-state index in [-0.39, 0.29) is 11.9 Å². The van der Waals surface area contributed by atoms with Crippen LogP contribution in [0.4, 0.5) is 0 Å². The molecule has 0 aromatic carbocycles. The summed E-state index contributed by atoms with van der Waals surface area (Å²) in [6.07, 6.45) is 9.98. The van der Waals surface area contributed by atoms with E-state index in [1.165, 1.54) is 51.8 Å². The molecule has 1 saturated carbocycles. The van der Waals surface area contributed by atoms with E-state index in [9.17, 15) is 4.79 Å². The summed E-state index contributed by atoms with van der Waals surface area (Å²) in [6.45, 7) is 10.9. The monoisotopic (exact) mass is 416 g/mol. The zero-order valence-electron chi connectivity index (χ0n) is 15.2. The topological polar surface area (TPSA) is 26.3 Å². The van der Waals surface area contributed by atoms with Crippen molar-refractivity contribution in [1.82, 2.24) is 0 Å². The van der Waals surface area contributed by atoms with Gasteiger partial charge in [-0.3, -0.25) is 0 Å². The Labute approximate surface area is 142 Å². The number of rotatable bonds is 12. The number of carbonyl (C=O) groups is 1. The molecule has 0 unspecified atom stereocenters. The Balaban J connectivity index is 2.99. The third-order valence-electron chi connectivity index (χ3n) is 5.61. The van der Waals surface area contributed by atoms with Gasteiger partial charge < -0.3 is 0 Å². The van der Waals surface area contributed by atoms with E-state index < -0.39 is 18.4 Å². The van der Waals surface area contributed by atoms with E-state index in [1.54, 1.807) is 7.11 Å². The number of allylic oxidation sites excluding steroid dienone is 1. The van der Waals surface area contributed by atoms with E-state index in [1.807, 2.05) is 0 Å².